The molecule has 2 N–H and O–H groups in total. The van der Waals surface area contributed by atoms with Crippen LogP contribution in [-0.4, -0.2) is 30.9 Å². The fraction of sp³-hybridized carbons (Fsp3) is 0.263. The second-order valence-corrected chi connectivity index (χ2v) is 8.60. The molecule has 6 nitrogen and oxygen atoms in total. The van der Waals surface area contributed by atoms with E-state index in [2.05, 4.69) is 5.32 Å². The number of hydrogen-bond donors (Lipinski definition) is 2. The van der Waals surface area contributed by atoms with Crippen LogP contribution in [0.15, 0.2) is 53.4 Å². The van der Waals surface area contributed by atoms with Crippen molar-refractivity contribution < 1.29 is 23.1 Å². The summed E-state index contributed by atoms with van der Waals surface area (Å²) in [7, 11) is -3.47. The number of benzene rings is 2. The highest BCUT2D eigenvalue weighted by Crippen LogP contribution is 2.35. The molecule has 0 heterocycles. The predicted molar refractivity (Wildman–Crippen MR) is 95.6 cm³/mol. The van der Waals surface area contributed by atoms with Gasteiger partial charge in [0, 0.05) is 5.56 Å². The zero-order valence-corrected chi connectivity index (χ0v) is 15.0. The minimum atomic E-state index is -3.47. The van der Waals surface area contributed by atoms with E-state index in [9.17, 15) is 18.0 Å². The summed E-state index contributed by atoms with van der Waals surface area (Å²) in [5.74, 6) is -1.68. The summed E-state index contributed by atoms with van der Waals surface area (Å²) >= 11 is 0. The highest BCUT2D eigenvalue weighted by molar-refractivity contribution is 7.90. The zero-order chi connectivity index (χ0) is 18.9. The van der Waals surface area contributed by atoms with Gasteiger partial charge in [0.1, 0.15) is 5.54 Å². The van der Waals surface area contributed by atoms with Crippen molar-refractivity contribution in [2.24, 2.45) is 0 Å². The standard InChI is InChI=1S/C19H19NO5S/c1-13-2-8-16(9-3-13)26(24,25)12-14-4-6-15(7-5-14)17(21)20-19(10-11-19)18(22)23/h2-9H,10-12H2,1H3,(H,20,21)(H,22,23). The minimum absolute atomic E-state index is 0.170. The molecule has 0 bridgehead atoms. The summed E-state index contributed by atoms with van der Waals surface area (Å²) in [6.45, 7) is 1.89. The van der Waals surface area contributed by atoms with Gasteiger partial charge in [-0.15, -0.1) is 0 Å². The monoisotopic (exact) mass is 373 g/mol. The van der Waals surface area contributed by atoms with E-state index in [-0.39, 0.29) is 10.6 Å². The van der Waals surface area contributed by atoms with E-state index in [0.29, 0.717) is 24.0 Å². The molecule has 1 fully saturated rings. The number of amides is 1. The van der Waals surface area contributed by atoms with E-state index in [1.54, 1.807) is 36.4 Å². The third-order valence-corrected chi connectivity index (χ3v) is 6.17. The van der Waals surface area contributed by atoms with Gasteiger partial charge >= 0.3 is 5.97 Å². The van der Waals surface area contributed by atoms with Gasteiger partial charge in [0.2, 0.25) is 0 Å². The third kappa shape index (κ3) is 3.77. The Morgan fingerprint density at radius 1 is 1.04 bits per heavy atom. The van der Waals surface area contributed by atoms with Crippen LogP contribution in [0.25, 0.3) is 0 Å². The zero-order valence-electron chi connectivity index (χ0n) is 14.2. The molecule has 1 aliphatic rings. The number of aryl methyl sites for hydroxylation is 1. The van der Waals surface area contributed by atoms with Crippen molar-refractivity contribution in [2.75, 3.05) is 0 Å². The van der Waals surface area contributed by atoms with Gasteiger partial charge < -0.3 is 10.4 Å². The summed E-state index contributed by atoms with van der Waals surface area (Å²) < 4.78 is 24.9. The molecule has 0 atom stereocenters. The van der Waals surface area contributed by atoms with Crippen LogP contribution < -0.4 is 5.32 Å². The third-order valence-electron chi connectivity index (χ3n) is 4.47. The molecule has 7 heteroatoms. The first kappa shape index (κ1) is 18.1. The Morgan fingerprint density at radius 2 is 1.62 bits per heavy atom. The first-order valence-electron chi connectivity index (χ1n) is 8.16. The number of carbonyl (C=O) groups excluding carboxylic acids is 1. The Hall–Kier alpha value is -2.67. The second-order valence-electron chi connectivity index (χ2n) is 6.61. The van der Waals surface area contributed by atoms with Crippen LogP contribution in [0.3, 0.4) is 0 Å². The van der Waals surface area contributed by atoms with Gasteiger partial charge in [-0.1, -0.05) is 29.8 Å². The summed E-state index contributed by atoms with van der Waals surface area (Å²) in [5, 5.41) is 11.6. The molecular weight excluding hydrogens is 354 g/mol. The summed E-state index contributed by atoms with van der Waals surface area (Å²) in [4.78, 5) is 23.5. The lowest BCUT2D eigenvalue weighted by Gasteiger charge is -2.12. The largest absolute Gasteiger partial charge is 0.480 e. The number of hydrogen-bond acceptors (Lipinski definition) is 4. The average molecular weight is 373 g/mol. The normalized spacial score (nSPS) is 15.3. The Bertz CT molecular complexity index is 942. The quantitative estimate of drug-likeness (QED) is 0.809. The van der Waals surface area contributed by atoms with Crippen LogP contribution in [0, 0.1) is 6.92 Å². The maximum Gasteiger partial charge on any atom is 0.329 e. The molecule has 0 unspecified atom stereocenters. The number of nitrogens with one attached hydrogen (secondary N) is 1. The minimum Gasteiger partial charge on any atom is -0.480 e. The van der Waals surface area contributed by atoms with Crippen LogP contribution in [0.2, 0.25) is 0 Å². The molecule has 1 amide bonds. The van der Waals surface area contributed by atoms with Crippen LogP contribution in [0.5, 0.6) is 0 Å². The van der Waals surface area contributed by atoms with Crippen molar-refractivity contribution in [2.45, 2.75) is 36.0 Å². The van der Waals surface area contributed by atoms with Crippen molar-refractivity contribution in [3.63, 3.8) is 0 Å². The van der Waals surface area contributed by atoms with Gasteiger partial charge in [-0.2, -0.15) is 0 Å². The molecule has 0 spiro atoms. The van der Waals surface area contributed by atoms with Crippen LogP contribution in [-0.2, 0) is 20.4 Å². The molecular formula is C19H19NO5S. The maximum atomic E-state index is 12.5. The van der Waals surface area contributed by atoms with E-state index in [1.165, 1.54) is 12.1 Å². The Kier molecular flexibility index (Phi) is 4.58. The molecule has 1 saturated carbocycles. The summed E-state index contributed by atoms with van der Waals surface area (Å²) in [6, 6.07) is 12.8. The maximum absolute atomic E-state index is 12.5. The van der Waals surface area contributed by atoms with Gasteiger partial charge in [0.25, 0.3) is 5.91 Å². The van der Waals surface area contributed by atoms with Gasteiger partial charge in [-0.05, 0) is 49.6 Å². The van der Waals surface area contributed by atoms with E-state index < -0.39 is 27.3 Å². The van der Waals surface area contributed by atoms with Gasteiger partial charge in [-0.25, -0.2) is 13.2 Å². The Labute approximate surface area is 151 Å². The van der Waals surface area contributed by atoms with Gasteiger partial charge in [0.15, 0.2) is 9.84 Å². The van der Waals surface area contributed by atoms with Crippen molar-refractivity contribution in [1.29, 1.82) is 0 Å². The van der Waals surface area contributed by atoms with E-state index in [1.807, 2.05) is 6.92 Å². The van der Waals surface area contributed by atoms with Gasteiger partial charge in [0.05, 0.1) is 10.6 Å². The Morgan fingerprint density at radius 3 is 2.12 bits per heavy atom. The molecule has 3 rings (SSSR count). The van der Waals surface area contributed by atoms with Crippen molar-refractivity contribution in [3.8, 4) is 0 Å². The molecule has 26 heavy (non-hydrogen) atoms. The fourth-order valence-electron chi connectivity index (χ4n) is 2.61. The van der Waals surface area contributed by atoms with Crippen LogP contribution in [0.1, 0.15) is 34.3 Å². The highest BCUT2D eigenvalue weighted by Gasteiger charge is 2.51. The van der Waals surface area contributed by atoms with Crippen molar-refractivity contribution in [3.05, 3.63) is 65.2 Å². The van der Waals surface area contributed by atoms with Crippen LogP contribution >= 0.6 is 0 Å². The molecule has 2 aromatic rings. The van der Waals surface area contributed by atoms with Gasteiger partial charge in [-0.3, -0.25) is 4.79 Å². The van der Waals surface area contributed by atoms with E-state index in [4.69, 9.17) is 5.11 Å². The molecule has 0 aliphatic heterocycles. The lowest BCUT2D eigenvalue weighted by Crippen LogP contribution is -2.43. The number of carboxylic acids is 1. The summed E-state index contributed by atoms with van der Waals surface area (Å²) in [5.41, 5.74) is 0.689. The molecule has 1 aliphatic carbocycles. The smallest absolute Gasteiger partial charge is 0.329 e. The number of sulfone groups is 1. The molecule has 0 radical (unpaired) electrons. The number of carbonyl (C=O) groups is 2. The average Bonchev–Trinajstić information content (AvgIpc) is 3.36. The van der Waals surface area contributed by atoms with E-state index >= 15 is 0 Å². The number of aliphatic carboxylic acids is 1. The Balaban J connectivity index is 1.70. The van der Waals surface area contributed by atoms with E-state index in [0.717, 1.165) is 5.56 Å². The van der Waals surface area contributed by atoms with Crippen molar-refractivity contribution >= 4 is 21.7 Å². The number of carboxylic acid groups (broad SMARTS) is 1. The summed E-state index contributed by atoms with van der Waals surface area (Å²) in [6.07, 6.45) is 0.835. The van der Waals surface area contributed by atoms with Crippen LogP contribution in [0.4, 0.5) is 0 Å². The highest BCUT2D eigenvalue weighted by atomic mass is 32.2. The molecule has 2 aromatic carbocycles. The lowest BCUT2D eigenvalue weighted by atomic mass is 10.1. The van der Waals surface area contributed by atoms with Crippen molar-refractivity contribution in [1.82, 2.24) is 5.32 Å². The second kappa shape index (κ2) is 6.57. The lowest BCUT2D eigenvalue weighted by molar-refractivity contribution is -0.140. The molecule has 0 saturated heterocycles. The molecule has 0 aromatic heterocycles. The fourth-order valence-corrected chi connectivity index (χ4v) is 3.96. The first-order chi connectivity index (χ1) is 12.2. The number of rotatable bonds is 6. The predicted octanol–water partition coefficient (Wildman–Crippen LogP) is 2.32. The molecule has 136 valence electrons. The SMILES string of the molecule is Cc1ccc(S(=O)(=O)Cc2ccc(C(=O)NC3(C(=O)O)CC3)cc2)cc1. The topological polar surface area (TPSA) is 101 Å². The first-order valence-corrected chi connectivity index (χ1v) is 9.81.